The lowest BCUT2D eigenvalue weighted by Crippen LogP contribution is -2.33. The van der Waals surface area contributed by atoms with Crippen LogP contribution < -0.4 is 14.8 Å². The lowest BCUT2D eigenvalue weighted by Gasteiger charge is -2.20. The van der Waals surface area contributed by atoms with Crippen LogP contribution in [0.3, 0.4) is 0 Å². The Bertz CT molecular complexity index is 1010. The number of carbonyl (C=O) groups excluding carboxylic acids is 1. The van der Waals surface area contributed by atoms with Crippen molar-refractivity contribution in [2.45, 2.75) is 25.9 Å². The standard InChI is InChI=1S/C19H22N4O3S2/c1-11(13-7-8-14(25-3)15(10-13)26-4)20-18(24)12(2)23-17(21-22-19(23)27)16-6-5-9-28-16/h5-12H,1-4H3,(H,20,24)(H,22,27). The largest absolute Gasteiger partial charge is 0.493 e. The van der Waals surface area contributed by atoms with E-state index in [2.05, 4.69) is 15.5 Å². The van der Waals surface area contributed by atoms with Crippen LogP contribution in [0.1, 0.15) is 31.5 Å². The predicted octanol–water partition coefficient (Wildman–Crippen LogP) is 4.12. The number of nitrogens with one attached hydrogen (secondary N) is 2. The molecule has 0 aliphatic rings. The zero-order valence-corrected chi connectivity index (χ0v) is 17.7. The molecule has 1 amide bonds. The summed E-state index contributed by atoms with van der Waals surface area (Å²) in [5, 5.41) is 12.1. The molecular weight excluding hydrogens is 396 g/mol. The molecule has 2 aromatic heterocycles. The van der Waals surface area contributed by atoms with Crippen molar-refractivity contribution in [3.05, 3.63) is 46.0 Å². The van der Waals surface area contributed by atoms with Gasteiger partial charge in [-0.2, -0.15) is 5.10 Å². The Morgan fingerprint density at radius 2 is 2.00 bits per heavy atom. The monoisotopic (exact) mass is 418 g/mol. The zero-order valence-electron chi connectivity index (χ0n) is 16.1. The molecule has 2 unspecified atom stereocenters. The van der Waals surface area contributed by atoms with Gasteiger partial charge in [-0.25, -0.2) is 0 Å². The molecule has 0 fully saturated rings. The van der Waals surface area contributed by atoms with E-state index in [1.165, 1.54) is 0 Å². The smallest absolute Gasteiger partial charge is 0.243 e. The van der Waals surface area contributed by atoms with E-state index in [1.807, 2.05) is 42.6 Å². The summed E-state index contributed by atoms with van der Waals surface area (Å²) >= 11 is 6.89. The third-order valence-corrected chi connectivity index (χ3v) is 5.63. The number of ether oxygens (including phenoxy) is 2. The number of carbonyl (C=O) groups is 1. The molecule has 0 spiro atoms. The number of aromatic nitrogens is 3. The third-order valence-electron chi connectivity index (χ3n) is 4.48. The Morgan fingerprint density at radius 1 is 1.25 bits per heavy atom. The van der Waals surface area contributed by atoms with Gasteiger partial charge >= 0.3 is 0 Å². The fourth-order valence-electron chi connectivity index (χ4n) is 2.90. The number of methoxy groups -OCH3 is 2. The normalized spacial score (nSPS) is 13.0. The molecule has 148 valence electrons. The van der Waals surface area contributed by atoms with Crippen molar-refractivity contribution in [3.8, 4) is 22.2 Å². The molecule has 3 aromatic rings. The van der Waals surface area contributed by atoms with Gasteiger partial charge in [-0.15, -0.1) is 11.3 Å². The van der Waals surface area contributed by atoms with E-state index in [-0.39, 0.29) is 11.9 Å². The summed E-state index contributed by atoms with van der Waals surface area (Å²) in [6.45, 7) is 3.72. The van der Waals surface area contributed by atoms with Gasteiger partial charge in [0.15, 0.2) is 22.1 Å². The topological polar surface area (TPSA) is 81.2 Å². The van der Waals surface area contributed by atoms with Gasteiger partial charge < -0.3 is 14.8 Å². The second-order valence-corrected chi connectivity index (χ2v) is 7.55. The van der Waals surface area contributed by atoms with Gasteiger partial charge in [0.2, 0.25) is 5.91 Å². The molecule has 0 saturated carbocycles. The van der Waals surface area contributed by atoms with Crippen molar-refractivity contribution < 1.29 is 14.3 Å². The number of aromatic amines is 1. The van der Waals surface area contributed by atoms with Crippen molar-refractivity contribution in [2.24, 2.45) is 0 Å². The molecule has 2 N–H and O–H groups in total. The van der Waals surface area contributed by atoms with Crippen LogP contribution in [0.4, 0.5) is 0 Å². The molecule has 0 saturated heterocycles. The van der Waals surface area contributed by atoms with E-state index >= 15 is 0 Å². The summed E-state index contributed by atoms with van der Waals surface area (Å²) in [6, 6.07) is 8.72. The number of benzene rings is 1. The van der Waals surface area contributed by atoms with Crippen LogP contribution in [0.15, 0.2) is 35.7 Å². The Hall–Kier alpha value is -2.65. The van der Waals surface area contributed by atoms with Gasteiger partial charge in [-0.05, 0) is 55.2 Å². The van der Waals surface area contributed by atoms with Gasteiger partial charge in [0.25, 0.3) is 0 Å². The first kappa shape index (κ1) is 20.1. The number of H-pyrrole nitrogens is 1. The highest BCUT2D eigenvalue weighted by Gasteiger charge is 2.23. The summed E-state index contributed by atoms with van der Waals surface area (Å²) in [4.78, 5) is 13.8. The van der Waals surface area contributed by atoms with Crippen molar-refractivity contribution in [2.75, 3.05) is 14.2 Å². The molecule has 2 atom stereocenters. The van der Waals surface area contributed by atoms with Crippen LogP contribution in [0.2, 0.25) is 0 Å². The SMILES string of the molecule is COc1ccc(C(C)NC(=O)C(C)n2c(-c3cccs3)n[nH]c2=S)cc1OC. The molecule has 0 aliphatic carbocycles. The van der Waals surface area contributed by atoms with E-state index in [9.17, 15) is 4.79 Å². The van der Waals surface area contributed by atoms with Crippen LogP contribution in [0.25, 0.3) is 10.7 Å². The van der Waals surface area contributed by atoms with Gasteiger partial charge in [0.05, 0.1) is 25.1 Å². The highest BCUT2D eigenvalue weighted by atomic mass is 32.1. The minimum absolute atomic E-state index is 0.155. The van der Waals surface area contributed by atoms with Crippen LogP contribution in [-0.4, -0.2) is 34.9 Å². The van der Waals surface area contributed by atoms with Gasteiger partial charge in [-0.1, -0.05) is 12.1 Å². The lowest BCUT2D eigenvalue weighted by atomic mass is 10.1. The molecule has 2 heterocycles. The molecular formula is C19H22N4O3S2. The average Bonchev–Trinajstić information content (AvgIpc) is 3.36. The Balaban J connectivity index is 1.80. The highest BCUT2D eigenvalue weighted by Crippen LogP contribution is 2.30. The fourth-order valence-corrected chi connectivity index (χ4v) is 3.90. The van der Waals surface area contributed by atoms with Gasteiger partial charge in [0, 0.05) is 0 Å². The molecule has 0 bridgehead atoms. The summed E-state index contributed by atoms with van der Waals surface area (Å²) in [7, 11) is 3.17. The molecule has 1 aromatic carbocycles. The first-order valence-corrected chi connectivity index (χ1v) is 9.98. The Morgan fingerprint density at radius 3 is 2.64 bits per heavy atom. The molecule has 7 nitrogen and oxygen atoms in total. The van der Waals surface area contributed by atoms with Crippen molar-refractivity contribution in [3.63, 3.8) is 0 Å². The molecule has 0 aliphatic heterocycles. The fraction of sp³-hybridized carbons (Fsp3) is 0.316. The maximum atomic E-state index is 12.9. The molecule has 28 heavy (non-hydrogen) atoms. The molecule has 3 rings (SSSR count). The molecule has 9 heteroatoms. The van der Waals surface area contributed by atoms with Gasteiger partial charge in [0.1, 0.15) is 6.04 Å². The summed E-state index contributed by atoms with van der Waals surface area (Å²) in [5.41, 5.74) is 0.910. The Kier molecular flexibility index (Phi) is 6.15. The lowest BCUT2D eigenvalue weighted by molar-refractivity contribution is -0.124. The number of nitrogens with zero attached hydrogens (tertiary/aromatic N) is 2. The maximum absolute atomic E-state index is 12.9. The second kappa shape index (κ2) is 8.57. The number of hydrogen-bond donors (Lipinski definition) is 2. The van der Waals surface area contributed by atoms with E-state index in [4.69, 9.17) is 21.7 Å². The second-order valence-electron chi connectivity index (χ2n) is 6.22. The zero-order chi connectivity index (χ0) is 20.3. The number of hydrogen-bond acceptors (Lipinski definition) is 6. The van der Waals surface area contributed by atoms with Crippen LogP contribution in [-0.2, 0) is 4.79 Å². The molecule has 0 radical (unpaired) electrons. The number of thiophene rings is 1. The van der Waals surface area contributed by atoms with E-state index in [0.29, 0.717) is 22.1 Å². The van der Waals surface area contributed by atoms with Crippen molar-refractivity contribution in [1.82, 2.24) is 20.1 Å². The van der Waals surface area contributed by atoms with E-state index in [0.717, 1.165) is 10.4 Å². The summed E-state index contributed by atoms with van der Waals surface area (Å²) in [6.07, 6.45) is 0. The first-order valence-electron chi connectivity index (χ1n) is 8.69. The summed E-state index contributed by atoms with van der Waals surface area (Å²) in [5.74, 6) is 1.76. The average molecular weight is 419 g/mol. The minimum Gasteiger partial charge on any atom is -0.493 e. The van der Waals surface area contributed by atoms with E-state index < -0.39 is 6.04 Å². The number of rotatable bonds is 7. The minimum atomic E-state index is -0.522. The quantitative estimate of drug-likeness (QED) is 0.564. The highest BCUT2D eigenvalue weighted by molar-refractivity contribution is 7.71. The van der Waals surface area contributed by atoms with Crippen LogP contribution in [0, 0.1) is 4.77 Å². The number of amides is 1. The first-order chi connectivity index (χ1) is 13.5. The Labute approximate surface area is 172 Å². The van der Waals surface area contributed by atoms with Crippen molar-refractivity contribution >= 4 is 29.5 Å². The maximum Gasteiger partial charge on any atom is 0.243 e. The van der Waals surface area contributed by atoms with Crippen LogP contribution >= 0.6 is 23.6 Å². The van der Waals surface area contributed by atoms with E-state index in [1.54, 1.807) is 37.0 Å². The third kappa shape index (κ3) is 3.95. The van der Waals surface area contributed by atoms with Gasteiger partial charge in [-0.3, -0.25) is 14.5 Å². The summed E-state index contributed by atoms with van der Waals surface area (Å²) < 4.78 is 12.7. The van der Waals surface area contributed by atoms with Crippen molar-refractivity contribution in [1.29, 1.82) is 0 Å². The predicted molar refractivity (Wildman–Crippen MR) is 112 cm³/mol. The van der Waals surface area contributed by atoms with Crippen LogP contribution in [0.5, 0.6) is 11.5 Å².